The van der Waals surface area contributed by atoms with Gasteiger partial charge in [-0.15, -0.1) is 10.2 Å². The lowest BCUT2D eigenvalue weighted by Gasteiger charge is -2.53. The van der Waals surface area contributed by atoms with E-state index in [0.29, 0.717) is 23.1 Å². The molecule has 2 N–H and O–H groups in total. The molecular weight excluding hydrogens is 508 g/mol. The van der Waals surface area contributed by atoms with Gasteiger partial charge in [0.2, 0.25) is 5.88 Å². The average Bonchev–Trinajstić information content (AvgIpc) is 3.33. The molecule has 4 rings (SSSR count). The van der Waals surface area contributed by atoms with Gasteiger partial charge in [-0.1, -0.05) is 38.1 Å². The minimum atomic E-state index is -0.442. The molecule has 1 fully saturated rings. The summed E-state index contributed by atoms with van der Waals surface area (Å²) in [6, 6.07) is 11.7. The van der Waals surface area contributed by atoms with E-state index in [9.17, 15) is 9.59 Å². The molecule has 1 aliphatic heterocycles. The summed E-state index contributed by atoms with van der Waals surface area (Å²) in [4.78, 5) is 27.5. The molecule has 10 nitrogen and oxygen atoms in total. The van der Waals surface area contributed by atoms with E-state index in [1.807, 2.05) is 20.8 Å². The number of Topliss-reactive ketones (excluding diaryl/α,β-unsaturated/α-hetero) is 1. The Morgan fingerprint density at radius 2 is 1.65 bits per heavy atom. The maximum Gasteiger partial charge on any atom is 0.324 e. The van der Waals surface area contributed by atoms with Crippen molar-refractivity contribution in [2.45, 2.75) is 90.3 Å². The fourth-order valence-electron chi connectivity index (χ4n) is 5.01. The van der Waals surface area contributed by atoms with Crippen LogP contribution >= 0.6 is 0 Å². The number of likely N-dealkylation sites (tertiary alicyclic amines) is 1. The quantitative estimate of drug-likeness (QED) is 0.352. The standard InChI is InChI=1S/C30H40N6O4/c1-28(2,3)24-16-25(35-40-24)32-27(38)31-20-11-9-19(10-12-20)15-23(37)22-13-14-26(34-33-22)39-21-17-29(4,5)36(8)30(6,7)18-21/h9-14,16,21H,15,17-18H2,1-8H3,(H2,31,32,35,38). The Kier molecular flexibility index (Phi) is 8.03. The lowest BCUT2D eigenvalue weighted by atomic mass is 9.79. The van der Waals surface area contributed by atoms with Gasteiger partial charge in [0.15, 0.2) is 11.6 Å². The van der Waals surface area contributed by atoms with E-state index in [-0.39, 0.29) is 40.5 Å². The first-order chi connectivity index (χ1) is 18.6. The van der Waals surface area contributed by atoms with Crippen LogP contribution in [0.5, 0.6) is 5.88 Å². The van der Waals surface area contributed by atoms with Crippen LogP contribution in [0.15, 0.2) is 47.0 Å². The summed E-state index contributed by atoms with van der Waals surface area (Å²) in [6.45, 7) is 14.9. The van der Waals surface area contributed by atoms with Gasteiger partial charge in [0.25, 0.3) is 0 Å². The second-order valence-electron chi connectivity index (χ2n) is 12.8. The Bertz CT molecular complexity index is 1320. The highest BCUT2D eigenvalue weighted by atomic mass is 16.5. The molecule has 0 radical (unpaired) electrons. The molecular formula is C30H40N6O4. The van der Waals surface area contributed by atoms with Gasteiger partial charge in [-0.2, -0.15) is 0 Å². The van der Waals surface area contributed by atoms with Gasteiger partial charge in [0.1, 0.15) is 17.6 Å². The van der Waals surface area contributed by atoms with E-state index >= 15 is 0 Å². The number of ketones is 1. The molecule has 2 amide bonds. The molecule has 0 atom stereocenters. The molecule has 0 unspecified atom stereocenters. The number of rotatable bonds is 7. The first-order valence-electron chi connectivity index (χ1n) is 13.5. The van der Waals surface area contributed by atoms with Gasteiger partial charge < -0.3 is 14.6 Å². The number of hydrogen-bond donors (Lipinski definition) is 2. The van der Waals surface area contributed by atoms with Gasteiger partial charge in [-0.3, -0.25) is 15.0 Å². The predicted octanol–water partition coefficient (Wildman–Crippen LogP) is 5.86. The predicted molar refractivity (Wildman–Crippen MR) is 154 cm³/mol. The SMILES string of the molecule is CN1C(C)(C)CC(Oc2ccc(C(=O)Cc3ccc(NC(=O)Nc4cc(C(C)(C)C)on4)cc3)nn2)CC1(C)C. The molecule has 1 aromatic carbocycles. The Morgan fingerprint density at radius 1 is 1.00 bits per heavy atom. The number of urea groups is 1. The van der Waals surface area contributed by atoms with Crippen LogP contribution in [-0.4, -0.2) is 56.3 Å². The van der Waals surface area contributed by atoms with E-state index in [1.165, 1.54) is 0 Å². The van der Waals surface area contributed by atoms with Crippen LogP contribution in [0.1, 0.15) is 83.1 Å². The van der Waals surface area contributed by atoms with Crippen LogP contribution < -0.4 is 15.4 Å². The second kappa shape index (κ2) is 11.0. The first-order valence-corrected chi connectivity index (χ1v) is 13.5. The van der Waals surface area contributed by atoms with Crippen molar-refractivity contribution in [3.8, 4) is 5.88 Å². The monoisotopic (exact) mass is 548 g/mol. The van der Waals surface area contributed by atoms with Gasteiger partial charge in [-0.05, 0) is 58.5 Å². The van der Waals surface area contributed by atoms with Gasteiger partial charge in [0, 0.05) is 53.6 Å². The van der Waals surface area contributed by atoms with Crippen LogP contribution in [0.2, 0.25) is 0 Å². The third-order valence-corrected chi connectivity index (χ3v) is 7.55. The highest BCUT2D eigenvalue weighted by Gasteiger charge is 2.44. The zero-order valence-corrected chi connectivity index (χ0v) is 24.7. The third kappa shape index (κ3) is 7.04. The maximum atomic E-state index is 12.8. The number of anilines is 2. The molecule has 0 bridgehead atoms. The molecule has 0 saturated carbocycles. The number of aromatic nitrogens is 3. The Balaban J connectivity index is 1.29. The van der Waals surface area contributed by atoms with Gasteiger partial charge >= 0.3 is 6.03 Å². The summed E-state index contributed by atoms with van der Waals surface area (Å²) in [7, 11) is 2.15. The Hall–Kier alpha value is -3.79. The normalized spacial score (nSPS) is 17.3. The number of piperidine rings is 1. The molecule has 1 aliphatic rings. The van der Waals surface area contributed by atoms with Crippen molar-refractivity contribution < 1.29 is 18.8 Å². The summed E-state index contributed by atoms with van der Waals surface area (Å²) in [5.74, 6) is 1.28. The summed E-state index contributed by atoms with van der Waals surface area (Å²) >= 11 is 0. The molecule has 3 aromatic rings. The molecule has 0 aliphatic carbocycles. The summed E-state index contributed by atoms with van der Waals surface area (Å²) in [5.41, 5.74) is 1.44. The maximum absolute atomic E-state index is 12.8. The van der Waals surface area contributed by atoms with Gasteiger partial charge in [0.05, 0.1) is 0 Å². The summed E-state index contributed by atoms with van der Waals surface area (Å²) < 4.78 is 11.5. The average molecular weight is 549 g/mol. The summed E-state index contributed by atoms with van der Waals surface area (Å²) in [6.07, 6.45) is 1.93. The molecule has 10 heteroatoms. The number of hydrogen-bond acceptors (Lipinski definition) is 8. The van der Waals surface area contributed by atoms with E-state index in [4.69, 9.17) is 9.26 Å². The zero-order valence-electron chi connectivity index (χ0n) is 24.7. The van der Waals surface area contributed by atoms with E-state index < -0.39 is 6.03 Å². The number of nitrogens with one attached hydrogen (secondary N) is 2. The van der Waals surface area contributed by atoms with Crippen LogP contribution in [0.25, 0.3) is 0 Å². The smallest absolute Gasteiger partial charge is 0.324 e. The highest BCUT2D eigenvalue weighted by molar-refractivity contribution is 5.99. The number of benzene rings is 1. The Morgan fingerprint density at radius 3 is 2.20 bits per heavy atom. The number of amides is 2. The van der Waals surface area contributed by atoms with Crippen LogP contribution in [-0.2, 0) is 11.8 Å². The second-order valence-corrected chi connectivity index (χ2v) is 12.8. The minimum absolute atomic E-state index is 0.00217. The number of carbonyl (C=O) groups is 2. The minimum Gasteiger partial charge on any atom is -0.473 e. The fraction of sp³-hybridized carbons (Fsp3) is 0.500. The molecule has 214 valence electrons. The number of carbonyl (C=O) groups excluding carboxylic acids is 2. The van der Waals surface area contributed by atoms with Crippen molar-refractivity contribution >= 4 is 23.3 Å². The zero-order chi connectivity index (χ0) is 29.3. The van der Waals surface area contributed by atoms with E-state index in [1.54, 1.807) is 42.5 Å². The topological polar surface area (TPSA) is 122 Å². The highest BCUT2D eigenvalue weighted by Crippen LogP contribution is 2.38. The molecule has 0 spiro atoms. The fourth-order valence-corrected chi connectivity index (χ4v) is 5.01. The van der Waals surface area contributed by atoms with Crippen molar-refractivity contribution in [3.05, 3.63) is 59.5 Å². The largest absolute Gasteiger partial charge is 0.473 e. The molecule has 3 heterocycles. The van der Waals surface area contributed by atoms with Crippen LogP contribution in [0.3, 0.4) is 0 Å². The lowest BCUT2D eigenvalue weighted by Crippen LogP contribution is -2.60. The number of nitrogens with zero attached hydrogens (tertiary/aromatic N) is 4. The molecule has 1 saturated heterocycles. The van der Waals surface area contributed by atoms with Crippen molar-refractivity contribution in [1.29, 1.82) is 0 Å². The van der Waals surface area contributed by atoms with Crippen molar-refractivity contribution in [1.82, 2.24) is 20.3 Å². The van der Waals surface area contributed by atoms with E-state index in [0.717, 1.165) is 18.4 Å². The van der Waals surface area contributed by atoms with Crippen LogP contribution in [0, 0.1) is 0 Å². The Labute approximate surface area is 235 Å². The lowest BCUT2D eigenvalue weighted by molar-refractivity contribution is -0.0569. The summed E-state index contributed by atoms with van der Waals surface area (Å²) in [5, 5.41) is 17.6. The van der Waals surface area contributed by atoms with Gasteiger partial charge in [-0.25, -0.2) is 4.79 Å². The number of ether oxygens (including phenoxy) is 1. The van der Waals surface area contributed by atoms with E-state index in [2.05, 4.69) is 65.6 Å². The van der Waals surface area contributed by atoms with Crippen LogP contribution in [0.4, 0.5) is 16.3 Å². The molecule has 2 aromatic heterocycles. The van der Waals surface area contributed by atoms with Crippen molar-refractivity contribution in [3.63, 3.8) is 0 Å². The third-order valence-electron chi connectivity index (χ3n) is 7.55. The molecule has 40 heavy (non-hydrogen) atoms. The van der Waals surface area contributed by atoms with Crippen molar-refractivity contribution in [2.75, 3.05) is 17.7 Å². The van der Waals surface area contributed by atoms with Crippen molar-refractivity contribution in [2.24, 2.45) is 0 Å². The first kappa shape index (κ1) is 29.2.